The van der Waals surface area contributed by atoms with Crippen molar-refractivity contribution >= 4 is 11.9 Å². The molecule has 2 aromatic rings. The Morgan fingerprint density at radius 2 is 1.87 bits per heavy atom. The van der Waals surface area contributed by atoms with Crippen LogP contribution in [0.3, 0.4) is 0 Å². The number of carbonyl (C=O) groups is 1. The molecule has 0 atom stereocenters. The van der Waals surface area contributed by atoms with Gasteiger partial charge in [0.15, 0.2) is 5.96 Å². The van der Waals surface area contributed by atoms with Gasteiger partial charge < -0.3 is 19.9 Å². The first-order valence-electron chi connectivity index (χ1n) is 10.5. The van der Waals surface area contributed by atoms with Gasteiger partial charge in [-0.1, -0.05) is 30.3 Å². The van der Waals surface area contributed by atoms with Gasteiger partial charge in [0, 0.05) is 59.2 Å². The number of piperidine rings is 1. The molecule has 30 heavy (non-hydrogen) atoms. The van der Waals surface area contributed by atoms with Gasteiger partial charge in [0.2, 0.25) is 0 Å². The van der Waals surface area contributed by atoms with Crippen molar-refractivity contribution in [2.45, 2.75) is 25.4 Å². The van der Waals surface area contributed by atoms with Crippen molar-refractivity contribution in [2.24, 2.45) is 4.99 Å². The Labute approximate surface area is 179 Å². The summed E-state index contributed by atoms with van der Waals surface area (Å²) in [5.41, 5.74) is 1.86. The van der Waals surface area contributed by atoms with Gasteiger partial charge in [-0.25, -0.2) is 0 Å². The third-order valence-electron chi connectivity index (χ3n) is 5.28. The SMILES string of the molecule is CN=C(NCCc1cccc(C(=O)N(C)C)c1)N1CCC(Oc2ccccc2)CC1. The van der Waals surface area contributed by atoms with Gasteiger partial charge in [-0.15, -0.1) is 0 Å². The summed E-state index contributed by atoms with van der Waals surface area (Å²) < 4.78 is 6.09. The Kier molecular flexibility index (Phi) is 7.71. The summed E-state index contributed by atoms with van der Waals surface area (Å²) in [5, 5.41) is 3.46. The zero-order valence-corrected chi connectivity index (χ0v) is 18.2. The molecule has 1 N–H and O–H groups in total. The quantitative estimate of drug-likeness (QED) is 0.590. The third-order valence-corrected chi connectivity index (χ3v) is 5.28. The molecule has 0 aliphatic carbocycles. The summed E-state index contributed by atoms with van der Waals surface area (Å²) in [4.78, 5) is 20.5. The number of hydrogen-bond donors (Lipinski definition) is 1. The van der Waals surface area contributed by atoms with Crippen molar-refractivity contribution in [3.63, 3.8) is 0 Å². The highest BCUT2D eigenvalue weighted by Gasteiger charge is 2.22. The smallest absolute Gasteiger partial charge is 0.253 e. The van der Waals surface area contributed by atoms with Crippen molar-refractivity contribution in [3.05, 3.63) is 65.7 Å². The molecule has 6 heteroatoms. The number of nitrogens with zero attached hydrogens (tertiary/aromatic N) is 3. The highest BCUT2D eigenvalue weighted by molar-refractivity contribution is 5.94. The lowest BCUT2D eigenvalue weighted by atomic mass is 10.1. The van der Waals surface area contributed by atoms with Crippen LogP contribution in [-0.4, -0.2) is 68.5 Å². The maximum atomic E-state index is 12.1. The molecule has 0 saturated carbocycles. The molecule has 1 saturated heterocycles. The summed E-state index contributed by atoms with van der Waals surface area (Å²) in [5.74, 6) is 1.89. The van der Waals surface area contributed by atoms with E-state index in [2.05, 4.69) is 21.3 Å². The number of hydrogen-bond acceptors (Lipinski definition) is 3. The lowest BCUT2D eigenvalue weighted by Gasteiger charge is -2.34. The molecule has 2 aromatic carbocycles. The molecule has 1 heterocycles. The molecule has 1 amide bonds. The third kappa shape index (κ3) is 5.99. The molecule has 0 radical (unpaired) electrons. The number of benzene rings is 2. The summed E-state index contributed by atoms with van der Waals surface area (Å²) in [6.45, 7) is 2.61. The number of likely N-dealkylation sites (tertiary alicyclic amines) is 1. The summed E-state index contributed by atoms with van der Waals surface area (Å²) in [6.07, 6.45) is 3.04. The molecule has 0 spiro atoms. The second kappa shape index (κ2) is 10.7. The second-order valence-corrected chi connectivity index (χ2v) is 7.74. The van der Waals surface area contributed by atoms with Crippen LogP contribution in [-0.2, 0) is 6.42 Å². The minimum Gasteiger partial charge on any atom is -0.490 e. The van der Waals surface area contributed by atoms with Crippen molar-refractivity contribution in [1.29, 1.82) is 0 Å². The van der Waals surface area contributed by atoms with E-state index in [9.17, 15) is 4.79 Å². The van der Waals surface area contributed by atoms with Crippen LogP contribution in [0.15, 0.2) is 59.6 Å². The van der Waals surface area contributed by atoms with Gasteiger partial charge in [-0.05, 0) is 36.2 Å². The number of guanidine groups is 1. The van der Waals surface area contributed by atoms with Gasteiger partial charge in [0.25, 0.3) is 5.91 Å². The molecule has 1 fully saturated rings. The Balaban J connectivity index is 1.45. The molecule has 1 aliphatic heterocycles. The first kappa shape index (κ1) is 21.7. The van der Waals surface area contributed by atoms with Crippen molar-refractivity contribution in [3.8, 4) is 5.75 Å². The minimum atomic E-state index is 0.0289. The molecule has 0 aromatic heterocycles. The number of para-hydroxylation sites is 1. The van der Waals surface area contributed by atoms with E-state index < -0.39 is 0 Å². The Morgan fingerprint density at radius 3 is 2.53 bits per heavy atom. The Bertz CT molecular complexity index is 843. The first-order chi connectivity index (χ1) is 14.6. The number of rotatable bonds is 6. The fraction of sp³-hybridized carbons (Fsp3) is 0.417. The topological polar surface area (TPSA) is 57.2 Å². The van der Waals surface area contributed by atoms with Crippen LogP contribution in [0.2, 0.25) is 0 Å². The van der Waals surface area contributed by atoms with Crippen LogP contribution >= 0.6 is 0 Å². The van der Waals surface area contributed by atoms with Crippen LogP contribution < -0.4 is 10.1 Å². The second-order valence-electron chi connectivity index (χ2n) is 7.74. The van der Waals surface area contributed by atoms with Gasteiger partial charge >= 0.3 is 0 Å². The maximum Gasteiger partial charge on any atom is 0.253 e. The predicted octanol–water partition coefficient (Wildman–Crippen LogP) is 3.05. The summed E-state index contributed by atoms with van der Waals surface area (Å²) in [7, 11) is 5.37. The van der Waals surface area contributed by atoms with Gasteiger partial charge in [-0.3, -0.25) is 9.79 Å². The van der Waals surface area contributed by atoms with Gasteiger partial charge in [0.1, 0.15) is 11.9 Å². The van der Waals surface area contributed by atoms with Crippen molar-refractivity contribution < 1.29 is 9.53 Å². The average Bonchev–Trinajstić information content (AvgIpc) is 2.78. The van der Waals surface area contributed by atoms with Crippen molar-refractivity contribution in [2.75, 3.05) is 40.8 Å². The van der Waals surface area contributed by atoms with Crippen LogP contribution in [0.4, 0.5) is 0 Å². The van der Waals surface area contributed by atoms with E-state index in [0.717, 1.165) is 61.7 Å². The predicted molar refractivity (Wildman–Crippen MR) is 121 cm³/mol. The van der Waals surface area contributed by atoms with E-state index in [1.807, 2.05) is 55.6 Å². The number of aliphatic imine (C=N–C) groups is 1. The zero-order valence-electron chi connectivity index (χ0n) is 18.2. The summed E-state index contributed by atoms with van der Waals surface area (Å²) >= 11 is 0. The normalized spacial score (nSPS) is 15.0. The van der Waals surface area contributed by atoms with E-state index >= 15 is 0 Å². The Hall–Kier alpha value is -3.02. The van der Waals surface area contributed by atoms with Crippen LogP contribution in [0.5, 0.6) is 5.75 Å². The molecule has 160 valence electrons. The fourth-order valence-electron chi connectivity index (χ4n) is 3.65. The number of amides is 1. The maximum absolute atomic E-state index is 12.1. The highest BCUT2D eigenvalue weighted by atomic mass is 16.5. The first-order valence-corrected chi connectivity index (χ1v) is 10.5. The molecular weight excluding hydrogens is 376 g/mol. The molecule has 1 aliphatic rings. The molecule has 6 nitrogen and oxygen atoms in total. The standard InChI is InChI=1S/C24H32N4O2/c1-25-24(26-15-12-19-8-7-9-20(18-19)23(29)27(2)3)28-16-13-22(14-17-28)30-21-10-5-4-6-11-21/h4-11,18,22H,12-17H2,1-3H3,(H,25,26). The summed E-state index contributed by atoms with van der Waals surface area (Å²) in [6, 6.07) is 17.9. The van der Waals surface area contributed by atoms with E-state index in [4.69, 9.17) is 4.74 Å². The monoisotopic (exact) mass is 408 g/mol. The van der Waals surface area contributed by atoms with E-state index in [1.54, 1.807) is 19.0 Å². The highest BCUT2D eigenvalue weighted by Crippen LogP contribution is 2.18. The van der Waals surface area contributed by atoms with Crippen LogP contribution in [0.25, 0.3) is 0 Å². The zero-order chi connectivity index (χ0) is 21.3. The lowest BCUT2D eigenvalue weighted by molar-refractivity contribution is 0.0827. The number of carbonyl (C=O) groups excluding carboxylic acids is 1. The van der Waals surface area contributed by atoms with Crippen LogP contribution in [0.1, 0.15) is 28.8 Å². The van der Waals surface area contributed by atoms with Crippen LogP contribution in [0, 0.1) is 0 Å². The van der Waals surface area contributed by atoms with Gasteiger partial charge in [-0.2, -0.15) is 0 Å². The fourth-order valence-corrected chi connectivity index (χ4v) is 3.65. The molecule has 3 rings (SSSR count). The largest absolute Gasteiger partial charge is 0.490 e. The van der Waals surface area contributed by atoms with E-state index in [-0.39, 0.29) is 12.0 Å². The van der Waals surface area contributed by atoms with E-state index in [0.29, 0.717) is 0 Å². The molecular formula is C24H32N4O2. The molecule has 0 unspecified atom stereocenters. The minimum absolute atomic E-state index is 0.0289. The van der Waals surface area contributed by atoms with Gasteiger partial charge in [0.05, 0.1) is 0 Å². The number of ether oxygens (including phenoxy) is 1. The Morgan fingerprint density at radius 1 is 1.13 bits per heavy atom. The number of nitrogens with one attached hydrogen (secondary N) is 1. The molecule has 0 bridgehead atoms. The van der Waals surface area contributed by atoms with Crippen molar-refractivity contribution in [1.82, 2.24) is 15.1 Å². The lowest BCUT2D eigenvalue weighted by Crippen LogP contribution is -2.47. The van der Waals surface area contributed by atoms with E-state index in [1.165, 1.54) is 0 Å². The average molecular weight is 409 g/mol.